The lowest BCUT2D eigenvalue weighted by Crippen LogP contribution is -2.35. The van der Waals surface area contributed by atoms with Crippen molar-refractivity contribution in [1.82, 2.24) is 14.5 Å². The van der Waals surface area contributed by atoms with Crippen LogP contribution in [0.25, 0.3) is 11.0 Å². The molecule has 1 saturated heterocycles. The maximum Gasteiger partial charge on any atom is 0.0992 e. The molecule has 5 rings (SSSR count). The summed E-state index contributed by atoms with van der Waals surface area (Å²) in [5, 5.41) is 9.13. The molecule has 2 heterocycles. The van der Waals surface area contributed by atoms with Gasteiger partial charge in [-0.25, -0.2) is 4.98 Å². The summed E-state index contributed by atoms with van der Waals surface area (Å²) in [6.07, 6.45) is 5.34. The molecule has 0 unspecified atom stereocenters. The van der Waals surface area contributed by atoms with Gasteiger partial charge in [0, 0.05) is 25.0 Å². The molecule has 3 aromatic carbocycles. The number of likely N-dealkylation sites (tertiary alicyclic amines) is 1. The molecule has 0 aliphatic carbocycles. The Bertz CT molecular complexity index is 1160. The Morgan fingerprint density at radius 2 is 1.56 bits per heavy atom. The minimum absolute atomic E-state index is 0.432. The molecule has 0 N–H and O–H groups in total. The van der Waals surface area contributed by atoms with E-state index >= 15 is 0 Å². The number of hydrogen-bond donors (Lipinski definition) is 0. The second-order valence-electron chi connectivity index (χ2n) is 8.70. The van der Waals surface area contributed by atoms with E-state index < -0.39 is 0 Å². The van der Waals surface area contributed by atoms with Crippen LogP contribution in [0.1, 0.15) is 47.9 Å². The molecule has 4 aromatic rings. The van der Waals surface area contributed by atoms with Crippen molar-refractivity contribution in [3.63, 3.8) is 0 Å². The molecule has 4 heteroatoms. The normalized spacial score (nSPS) is 15.2. The van der Waals surface area contributed by atoms with E-state index in [0.717, 1.165) is 49.9 Å². The Labute approximate surface area is 189 Å². The van der Waals surface area contributed by atoms with Crippen molar-refractivity contribution >= 4 is 11.0 Å². The van der Waals surface area contributed by atoms with Crippen LogP contribution in [0.15, 0.2) is 85.2 Å². The molecule has 4 nitrogen and oxygen atoms in total. The van der Waals surface area contributed by atoms with E-state index in [9.17, 15) is 0 Å². The van der Waals surface area contributed by atoms with Gasteiger partial charge in [-0.15, -0.1) is 0 Å². The van der Waals surface area contributed by atoms with Gasteiger partial charge in [-0.1, -0.05) is 60.7 Å². The maximum atomic E-state index is 9.13. The van der Waals surface area contributed by atoms with Crippen molar-refractivity contribution in [2.75, 3.05) is 19.6 Å². The molecule has 1 fully saturated rings. The van der Waals surface area contributed by atoms with E-state index in [4.69, 9.17) is 5.26 Å². The number of fused-ring (bicyclic) bond motifs is 1. The topological polar surface area (TPSA) is 44.9 Å². The van der Waals surface area contributed by atoms with Crippen LogP contribution in [-0.2, 0) is 0 Å². The molecular weight excluding hydrogens is 392 g/mol. The first-order chi connectivity index (χ1) is 15.8. The molecule has 1 aliphatic rings. The van der Waals surface area contributed by atoms with Gasteiger partial charge in [-0.3, -0.25) is 0 Å². The predicted molar refractivity (Wildman–Crippen MR) is 129 cm³/mol. The third kappa shape index (κ3) is 4.30. The van der Waals surface area contributed by atoms with E-state index in [1.165, 1.54) is 11.1 Å². The van der Waals surface area contributed by atoms with Crippen molar-refractivity contribution in [1.29, 1.82) is 5.26 Å². The van der Waals surface area contributed by atoms with Crippen LogP contribution in [-0.4, -0.2) is 34.1 Å². The van der Waals surface area contributed by atoms with Gasteiger partial charge in [0.25, 0.3) is 0 Å². The maximum absolute atomic E-state index is 9.13. The van der Waals surface area contributed by atoms with Gasteiger partial charge in [0.2, 0.25) is 0 Å². The van der Waals surface area contributed by atoms with Crippen LogP contribution in [0.3, 0.4) is 0 Å². The first kappa shape index (κ1) is 20.5. The second kappa shape index (κ2) is 9.38. The summed E-state index contributed by atoms with van der Waals surface area (Å²) >= 11 is 0. The highest BCUT2D eigenvalue weighted by molar-refractivity contribution is 5.77. The minimum Gasteiger partial charge on any atom is -0.327 e. The highest BCUT2D eigenvalue weighted by Gasteiger charge is 2.23. The van der Waals surface area contributed by atoms with Crippen LogP contribution in [0, 0.1) is 11.3 Å². The van der Waals surface area contributed by atoms with Crippen LogP contribution in [0.2, 0.25) is 0 Å². The minimum atomic E-state index is 0.432. The summed E-state index contributed by atoms with van der Waals surface area (Å²) in [6.45, 7) is 3.32. The Balaban J connectivity index is 1.23. The average Bonchev–Trinajstić information content (AvgIpc) is 3.29. The third-order valence-electron chi connectivity index (χ3n) is 6.79. The summed E-state index contributed by atoms with van der Waals surface area (Å²) < 4.78 is 2.31. The summed E-state index contributed by atoms with van der Waals surface area (Å²) in [6, 6.07) is 30.3. The highest BCUT2D eigenvalue weighted by atomic mass is 15.2. The van der Waals surface area contributed by atoms with Crippen molar-refractivity contribution in [3.05, 3.63) is 102 Å². The van der Waals surface area contributed by atoms with Gasteiger partial charge in [-0.2, -0.15) is 5.26 Å². The van der Waals surface area contributed by atoms with Crippen molar-refractivity contribution < 1.29 is 0 Å². The third-order valence-corrected chi connectivity index (χ3v) is 6.79. The van der Waals surface area contributed by atoms with Gasteiger partial charge in [0.15, 0.2) is 0 Å². The lowest BCUT2D eigenvalue weighted by atomic mass is 9.88. The zero-order chi connectivity index (χ0) is 21.8. The fourth-order valence-corrected chi connectivity index (χ4v) is 5.02. The Hall–Kier alpha value is -3.42. The fraction of sp³-hybridized carbons (Fsp3) is 0.286. The molecule has 0 radical (unpaired) electrons. The van der Waals surface area contributed by atoms with Crippen molar-refractivity contribution in [2.45, 2.75) is 31.2 Å². The molecule has 160 valence electrons. The van der Waals surface area contributed by atoms with Crippen molar-refractivity contribution in [2.24, 2.45) is 0 Å². The fourth-order valence-electron chi connectivity index (χ4n) is 5.02. The molecule has 32 heavy (non-hydrogen) atoms. The Morgan fingerprint density at radius 1 is 0.906 bits per heavy atom. The summed E-state index contributed by atoms with van der Waals surface area (Å²) in [4.78, 5) is 7.16. The number of aromatic nitrogens is 2. The first-order valence-electron chi connectivity index (χ1n) is 11.5. The van der Waals surface area contributed by atoms with Crippen LogP contribution in [0.5, 0.6) is 0 Å². The SMILES string of the molecule is N#Cc1ccc2c(c1)ncn2C1CCN(CCC(c2ccccc2)c2ccccc2)CC1. The monoisotopic (exact) mass is 420 g/mol. The largest absolute Gasteiger partial charge is 0.327 e. The Morgan fingerprint density at radius 3 is 2.19 bits per heavy atom. The van der Waals surface area contributed by atoms with Crippen LogP contribution < -0.4 is 0 Å². The number of hydrogen-bond acceptors (Lipinski definition) is 3. The van der Waals surface area contributed by atoms with Gasteiger partial charge < -0.3 is 9.47 Å². The lowest BCUT2D eigenvalue weighted by molar-refractivity contribution is 0.184. The lowest BCUT2D eigenvalue weighted by Gasteiger charge is -2.33. The second-order valence-corrected chi connectivity index (χ2v) is 8.70. The smallest absolute Gasteiger partial charge is 0.0992 e. The van der Waals surface area contributed by atoms with E-state index in [0.29, 0.717) is 17.5 Å². The first-order valence-corrected chi connectivity index (χ1v) is 11.5. The van der Waals surface area contributed by atoms with Gasteiger partial charge in [0.1, 0.15) is 0 Å². The zero-order valence-electron chi connectivity index (χ0n) is 18.3. The number of benzene rings is 3. The molecule has 0 amide bonds. The van der Waals surface area contributed by atoms with E-state index in [1.54, 1.807) is 0 Å². The molecule has 0 saturated carbocycles. The number of nitriles is 1. The zero-order valence-corrected chi connectivity index (χ0v) is 18.3. The van der Waals surface area contributed by atoms with Gasteiger partial charge in [-0.05, 0) is 55.1 Å². The molecule has 0 spiro atoms. The van der Waals surface area contributed by atoms with Gasteiger partial charge >= 0.3 is 0 Å². The number of nitrogens with zero attached hydrogens (tertiary/aromatic N) is 4. The number of piperidine rings is 1. The van der Waals surface area contributed by atoms with Crippen LogP contribution in [0.4, 0.5) is 0 Å². The predicted octanol–water partition coefficient (Wildman–Crippen LogP) is 5.77. The summed E-state index contributed by atoms with van der Waals surface area (Å²) in [5.74, 6) is 0.432. The highest BCUT2D eigenvalue weighted by Crippen LogP contribution is 2.30. The van der Waals surface area contributed by atoms with E-state index in [2.05, 4.69) is 81.2 Å². The molecular formula is C28H28N4. The summed E-state index contributed by atoms with van der Waals surface area (Å²) in [5.41, 5.74) is 5.52. The quantitative estimate of drug-likeness (QED) is 0.398. The summed E-state index contributed by atoms with van der Waals surface area (Å²) in [7, 11) is 0. The van der Waals surface area contributed by atoms with Crippen molar-refractivity contribution in [3.8, 4) is 6.07 Å². The number of imidazole rings is 1. The molecule has 0 bridgehead atoms. The molecule has 1 aromatic heterocycles. The standard InChI is InChI=1S/C28H28N4/c29-20-22-11-12-28-27(19-22)30-21-32(28)25-13-16-31(17-14-25)18-15-26(23-7-3-1-4-8-23)24-9-5-2-6-10-24/h1-12,19,21,25-26H,13-18H2. The molecule has 0 atom stereocenters. The van der Waals surface area contributed by atoms with E-state index in [-0.39, 0.29) is 0 Å². The molecule has 1 aliphatic heterocycles. The number of rotatable bonds is 6. The average molecular weight is 421 g/mol. The van der Waals surface area contributed by atoms with Gasteiger partial charge in [0.05, 0.1) is 29.0 Å². The van der Waals surface area contributed by atoms with E-state index in [1.807, 2.05) is 24.5 Å². The van der Waals surface area contributed by atoms with Crippen LogP contribution >= 0.6 is 0 Å². The Kier molecular flexibility index (Phi) is 6.00.